The number of hydrogen-bond acceptors (Lipinski definition) is 7. The smallest absolute Gasteiger partial charge is 0.326 e. The Kier molecular flexibility index (Phi) is 16.5. The van der Waals surface area contributed by atoms with Gasteiger partial charge in [0.25, 0.3) is 0 Å². The maximum absolute atomic E-state index is 13.4. The van der Waals surface area contributed by atoms with Gasteiger partial charge in [0.1, 0.15) is 24.2 Å². The summed E-state index contributed by atoms with van der Waals surface area (Å²) < 4.78 is 0. The van der Waals surface area contributed by atoms with Gasteiger partial charge in [0.05, 0.1) is 6.04 Å². The van der Waals surface area contributed by atoms with Gasteiger partial charge in [0, 0.05) is 0 Å². The quantitative estimate of drug-likeness (QED) is 0.113. The Balaban J connectivity index is 3.03. The molecule has 0 aliphatic heterocycles. The Bertz CT molecular complexity index is 1050. The van der Waals surface area contributed by atoms with E-state index in [4.69, 9.17) is 11.5 Å². The van der Waals surface area contributed by atoms with Crippen LogP contribution in [0.3, 0.4) is 0 Å². The average Bonchev–Trinajstić information content (AvgIpc) is 2.93. The lowest BCUT2D eigenvalue weighted by molar-refractivity contribution is -0.143. The molecule has 12 heteroatoms. The normalized spacial score (nSPS) is 14.9. The van der Waals surface area contributed by atoms with Gasteiger partial charge in [-0.25, -0.2) is 4.79 Å². The van der Waals surface area contributed by atoms with E-state index in [1.54, 1.807) is 27.7 Å². The lowest BCUT2D eigenvalue weighted by atomic mass is 9.98. The van der Waals surface area contributed by atoms with E-state index in [1.165, 1.54) is 0 Å². The highest BCUT2D eigenvalue weighted by Crippen LogP contribution is 2.11. The van der Waals surface area contributed by atoms with Crippen LogP contribution in [0.25, 0.3) is 0 Å². The summed E-state index contributed by atoms with van der Waals surface area (Å²) in [5, 5.41) is 20.2. The van der Waals surface area contributed by atoms with Crippen molar-refractivity contribution < 1.29 is 29.1 Å². The summed E-state index contributed by atoms with van der Waals surface area (Å²) >= 11 is 0. The number of amides is 4. The molecule has 1 rings (SSSR count). The van der Waals surface area contributed by atoms with E-state index in [-0.39, 0.29) is 24.2 Å². The number of rotatable bonds is 19. The number of unbranched alkanes of at least 4 members (excludes halogenated alkanes) is 1. The van der Waals surface area contributed by atoms with Gasteiger partial charge in [-0.15, -0.1) is 0 Å². The highest BCUT2D eigenvalue weighted by molar-refractivity contribution is 5.95. The first-order valence-corrected chi connectivity index (χ1v) is 15.1. The van der Waals surface area contributed by atoms with Gasteiger partial charge in [0.2, 0.25) is 23.6 Å². The molecule has 5 atom stereocenters. The molecule has 0 saturated carbocycles. The predicted molar refractivity (Wildman–Crippen MR) is 166 cm³/mol. The zero-order valence-corrected chi connectivity index (χ0v) is 26.4. The summed E-state index contributed by atoms with van der Waals surface area (Å²) in [5.41, 5.74) is 12.6. The first kappa shape index (κ1) is 37.5. The van der Waals surface area contributed by atoms with Crippen LogP contribution in [0.5, 0.6) is 0 Å². The van der Waals surface area contributed by atoms with Crippen molar-refractivity contribution in [1.82, 2.24) is 21.3 Å². The van der Waals surface area contributed by atoms with Crippen molar-refractivity contribution in [3.63, 3.8) is 0 Å². The average molecular weight is 605 g/mol. The van der Waals surface area contributed by atoms with Crippen LogP contribution in [0.4, 0.5) is 0 Å². The number of hydrogen-bond donors (Lipinski definition) is 7. The standard InChI is InChI=1S/C31H52N6O6/c1-18(2)16-24(31(42)43)35-29(40)25(19(3)4)37-30(41)26(20(5)6)36-28(39)23(14-10-11-15-32)34-27(38)22(33)17-21-12-8-7-9-13-21/h7-9,12-13,18-20,22-26H,10-11,14-17,32-33H2,1-6H3,(H,34,38)(H,35,40)(H,36,39)(H,37,41)(H,42,43)/t22-,23-,24-,25-,26-/m1/s1. The number of carbonyl (C=O) groups excluding carboxylic acids is 4. The fourth-order valence-corrected chi connectivity index (χ4v) is 4.52. The Morgan fingerprint density at radius 1 is 0.721 bits per heavy atom. The number of nitrogens with two attached hydrogens (primary N) is 2. The Morgan fingerprint density at radius 3 is 1.72 bits per heavy atom. The van der Waals surface area contributed by atoms with Crippen molar-refractivity contribution in [3.8, 4) is 0 Å². The van der Waals surface area contributed by atoms with Crippen molar-refractivity contribution >= 4 is 29.6 Å². The second-order valence-corrected chi connectivity index (χ2v) is 12.1. The fourth-order valence-electron chi connectivity index (χ4n) is 4.52. The molecule has 0 fully saturated rings. The third-order valence-electron chi connectivity index (χ3n) is 7.03. The van der Waals surface area contributed by atoms with Gasteiger partial charge >= 0.3 is 5.97 Å². The highest BCUT2D eigenvalue weighted by atomic mass is 16.4. The van der Waals surface area contributed by atoms with Gasteiger partial charge in [0.15, 0.2) is 0 Å². The molecule has 0 unspecified atom stereocenters. The van der Waals surface area contributed by atoms with Crippen LogP contribution in [0.2, 0.25) is 0 Å². The van der Waals surface area contributed by atoms with Crippen molar-refractivity contribution in [1.29, 1.82) is 0 Å². The second-order valence-electron chi connectivity index (χ2n) is 12.1. The molecule has 0 saturated heterocycles. The van der Waals surface area contributed by atoms with E-state index >= 15 is 0 Å². The minimum absolute atomic E-state index is 0.0280. The molecule has 12 nitrogen and oxygen atoms in total. The molecular formula is C31H52N6O6. The monoisotopic (exact) mass is 604 g/mol. The van der Waals surface area contributed by atoms with E-state index in [1.807, 2.05) is 44.2 Å². The van der Waals surface area contributed by atoms with Crippen LogP contribution in [-0.2, 0) is 30.4 Å². The number of benzene rings is 1. The SMILES string of the molecule is CC(C)C[C@@H](NC(=O)[C@H](NC(=O)[C@H](NC(=O)[C@@H](CCCCN)NC(=O)[C@H](N)Cc1ccccc1)C(C)C)C(C)C)C(=O)O. The number of aliphatic carboxylic acids is 1. The minimum Gasteiger partial charge on any atom is -0.480 e. The molecular weight excluding hydrogens is 552 g/mol. The zero-order chi connectivity index (χ0) is 32.7. The third-order valence-corrected chi connectivity index (χ3v) is 7.03. The van der Waals surface area contributed by atoms with Gasteiger partial charge in [-0.05, 0) is 62.0 Å². The molecule has 9 N–H and O–H groups in total. The lowest BCUT2D eigenvalue weighted by Crippen LogP contribution is -2.60. The van der Waals surface area contributed by atoms with Gasteiger partial charge in [-0.3, -0.25) is 19.2 Å². The second kappa shape index (κ2) is 18.9. The van der Waals surface area contributed by atoms with Crippen molar-refractivity contribution in [2.45, 2.75) is 104 Å². The summed E-state index contributed by atoms with van der Waals surface area (Å²) in [4.78, 5) is 64.5. The van der Waals surface area contributed by atoms with Gasteiger partial charge < -0.3 is 37.8 Å². The van der Waals surface area contributed by atoms with E-state index < -0.39 is 59.8 Å². The molecule has 1 aromatic rings. The van der Waals surface area contributed by atoms with Crippen molar-refractivity contribution in [2.24, 2.45) is 29.2 Å². The van der Waals surface area contributed by atoms with E-state index in [9.17, 15) is 29.1 Å². The van der Waals surface area contributed by atoms with Crippen LogP contribution < -0.4 is 32.7 Å². The molecule has 0 aromatic heterocycles. The molecule has 4 amide bonds. The van der Waals surface area contributed by atoms with Crippen LogP contribution >= 0.6 is 0 Å². The Hall–Kier alpha value is -3.51. The molecule has 0 aliphatic carbocycles. The maximum Gasteiger partial charge on any atom is 0.326 e. The maximum atomic E-state index is 13.4. The van der Waals surface area contributed by atoms with Gasteiger partial charge in [-0.1, -0.05) is 71.9 Å². The molecule has 0 bridgehead atoms. The van der Waals surface area contributed by atoms with Crippen LogP contribution in [0.15, 0.2) is 30.3 Å². The fraction of sp³-hybridized carbons (Fsp3) is 0.645. The predicted octanol–water partition coefficient (Wildman–Crippen LogP) is 1.07. The lowest BCUT2D eigenvalue weighted by Gasteiger charge is -2.29. The van der Waals surface area contributed by atoms with Gasteiger partial charge in [-0.2, -0.15) is 0 Å². The summed E-state index contributed by atoms with van der Waals surface area (Å²) in [6.07, 6.45) is 2.03. The topological polar surface area (TPSA) is 206 Å². The molecule has 0 aliphatic rings. The number of carboxylic acids is 1. The van der Waals surface area contributed by atoms with Crippen molar-refractivity contribution in [3.05, 3.63) is 35.9 Å². The zero-order valence-electron chi connectivity index (χ0n) is 26.4. The summed E-state index contributed by atoms with van der Waals surface area (Å²) in [7, 11) is 0. The van der Waals surface area contributed by atoms with Crippen LogP contribution in [0.1, 0.15) is 72.8 Å². The summed E-state index contributed by atoms with van der Waals surface area (Å²) in [6, 6.07) is 4.30. The molecule has 242 valence electrons. The number of carbonyl (C=O) groups is 5. The molecule has 0 spiro atoms. The summed E-state index contributed by atoms with van der Waals surface area (Å²) in [6.45, 7) is 11.1. The van der Waals surface area contributed by atoms with E-state index in [0.717, 1.165) is 5.56 Å². The highest BCUT2D eigenvalue weighted by Gasteiger charge is 2.34. The van der Waals surface area contributed by atoms with Crippen LogP contribution in [0, 0.1) is 17.8 Å². The number of carboxylic acid groups (broad SMARTS) is 1. The third kappa shape index (κ3) is 13.6. The largest absolute Gasteiger partial charge is 0.480 e. The van der Waals surface area contributed by atoms with E-state index in [2.05, 4.69) is 21.3 Å². The first-order chi connectivity index (χ1) is 20.2. The Morgan fingerprint density at radius 2 is 1.23 bits per heavy atom. The number of nitrogens with one attached hydrogen (secondary N) is 4. The van der Waals surface area contributed by atoms with E-state index in [0.29, 0.717) is 32.2 Å². The molecule has 0 heterocycles. The molecule has 0 radical (unpaired) electrons. The first-order valence-electron chi connectivity index (χ1n) is 15.1. The van der Waals surface area contributed by atoms with Crippen LogP contribution in [-0.4, -0.2) is 71.5 Å². The minimum atomic E-state index is -1.16. The summed E-state index contributed by atoms with van der Waals surface area (Å²) in [5.74, 6) is -4.13. The molecule has 43 heavy (non-hydrogen) atoms. The molecule has 1 aromatic carbocycles. The van der Waals surface area contributed by atoms with Crippen molar-refractivity contribution in [2.75, 3.05) is 6.54 Å². The Labute approximate surface area is 255 Å².